The fourth-order valence-corrected chi connectivity index (χ4v) is 2.59. The predicted octanol–water partition coefficient (Wildman–Crippen LogP) is 3.51. The number of aromatic nitrogens is 3. The number of benzene rings is 1. The van der Waals surface area contributed by atoms with Gasteiger partial charge in [-0.05, 0) is 24.5 Å². The molecule has 0 radical (unpaired) electrons. The highest BCUT2D eigenvalue weighted by Crippen LogP contribution is 2.34. The van der Waals surface area contributed by atoms with Crippen LogP contribution in [0.2, 0.25) is 0 Å². The average Bonchev–Trinajstić information content (AvgIpc) is 2.99. The van der Waals surface area contributed by atoms with Crippen molar-refractivity contribution >= 4 is 11.5 Å². The molecule has 1 N–H and O–H groups in total. The number of aryl methyl sites for hydroxylation is 1. The highest BCUT2D eigenvalue weighted by Gasteiger charge is 2.14. The summed E-state index contributed by atoms with van der Waals surface area (Å²) in [4.78, 5) is 1.15. The Labute approximate surface area is 103 Å². The van der Waals surface area contributed by atoms with Gasteiger partial charge in [0.2, 0.25) is 0 Å². The van der Waals surface area contributed by atoms with Crippen LogP contribution >= 0.6 is 11.5 Å². The number of nitrogens with one attached hydrogen (secondary N) is 1. The van der Waals surface area contributed by atoms with E-state index >= 15 is 0 Å². The Hall–Kier alpha value is -1.94. The Kier molecular flexibility index (Phi) is 2.49. The van der Waals surface area contributed by atoms with E-state index in [0.717, 1.165) is 27.4 Å². The summed E-state index contributed by atoms with van der Waals surface area (Å²) in [5.74, 6) is 0. The molecule has 0 aliphatic carbocycles. The predicted molar refractivity (Wildman–Crippen MR) is 69.9 cm³/mol. The molecule has 0 fully saturated rings. The second kappa shape index (κ2) is 4.14. The Bertz CT molecular complexity index is 611. The largest absolute Gasteiger partial charge is 0.277 e. The van der Waals surface area contributed by atoms with Crippen molar-refractivity contribution in [1.82, 2.24) is 14.6 Å². The number of nitrogens with zero attached hydrogens (tertiary/aromatic N) is 2. The molecular formula is C13H11N3S. The molecule has 0 saturated heterocycles. The maximum Gasteiger partial charge on any atom is 0.0740 e. The smallest absolute Gasteiger partial charge is 0.0740 e. The molecule has 0 unspecified atom stereocenters. The third-order valence-electron chi connectivity index (χ3n) is 2.69. The molecule has 1 aromatic carbocycles. The van der Waals surface area contributed by atoms with Gasteiger partial charge in [0.1, 0.15) is 0 Å². The van der Waals surface area contributed by atoms with Gasteiger partial charge >= 0.3 is 0 Å². The van der Waals surface area contributed by atoms with E-state index in [4.69, 9.17) is 0 Å². The lowest BCUT2D eigenvalue weighted by Crippen LogP contribution is -1.80. The summed E-state index contributed by atoms with van der Waals surface area (Å²) in [6, 6.07) is 12.3. The van der Waals surface area contributed by atoms with Crippen LogP contribution in [0.5, 0.6) is 0 Å². The Morgan fingerprint density at radius 3 is 2.65 bits per heavy atom. The third-order valence-corrected chi connectivity index (χ3v) is 3.46. The summed E-state index contributed by atoms with van der Waals surface area (Å²) in [7, 11) is 0. The molecule has 0 bridgehead atoms. The van der Waals surface area contributed by atoms with Gasteiger partial charge in [-0.15, -0.1) is 0 Å². The number of hydrogen-bond acceptors (Lipinski definition) is 3. The van der Waals surface area contributed by atoms with Crippen molar-refractivity contribution in [2.45, 2.75) is 6.92 Å². The number of H-pyrrole nitrogens is 1. The Balaban J connectivity index is 2.20. The zero-order valence-electron chi connectivity index (χ0n) is 9.34. The van der Waals surface area contributed by atoms with Gasteiger partial charge in [-0.1, -0.05) is 30.3 Å². The zero-order valence-corrected chi connectivity index (χ0v) is 10.2. The zero-order chi connectivity index (χ0) is 11.7. The van der Waals surface area contributed by atoms with Crippen LogP contribution in [0, 0.1) is 6.92 Å². The van der Waals surface area contributed by atoms with E-state index in [-0.39, 0.29) is 0 Å². The molecule has 4 heteroatoms. The van der Waals surface area contributed by atoms with Crippen molar-refractivity contribution in [2.75, 3.05) is 0 Å². The van der Waals surface area contributed by atoms with E-state index in [0.29, 0.717) is 0 Å². The van der Waals surface area contributed by atoms with Crippen LogP contribution in [-0.2, 0) is 0 Å². The second-order valence-electron chi connectivity index (χ2n) is 3.80. The molecular weight excluding hydrogens is 230 g/mol. The number of rotatable bonds is 2. The standard InChI is InChI=1S/C13H11N3S/c1-9-12(11-7-8-14-17-11)13(16-15-9)10-5-3-2-4-6-10/h2-8H,1H3,(H,15,16). The Morgan fingerprint density at radius 2 is 1.94 bits per heavy atom. The van der Waals surface area contributed by atoms with Gasteiger partial charge in [0, 0.05) is 17.3 Å². The molecule has 0 spiro atoms. The van der Waals surface area contributed by atoms with Crippen LogP contribution < -0.4 is 0 Å². The van der Waals surface area contributed by atoms with Gasteiger partial charge in [-0.2, -0.15) is 5.10 Å². The van der Waals surface area contributed by atoms with Crippen LogP contribution in [-0.4, -0.2) is 14.6 Å². The maximum absolute atomic E-state index is 4.30. The summed E-state index contributed by atoms with van der Waals surface area (Å²) < 4.78 is 4.15. The summed E-state index contributed by atoms with van der Waals surface area (Å²) >= 11 is 1.49. The first-order valence-corrected chi connectivity index (χ1v) is 6.15. The average molecular weight is 241 g/mol. The van der Waals surface area contributed by atoms with Crippen LogP contribution in [0.3, 0.4) is 0 Å². The lowest BCUT2D eigenvalue weighted by atomic mass is 10.1. The highest BCUT2D eigenvalue weighted by atomic mass is 32.1. The molecule has 2 heterocycles. The molecule has 2 aromatic heterocycles. The first-order valence-electron chi connectivity index (χ1n) is 5.37. The van der Waals surface area contributed by atoms with Crippen molar-refractivity contribution in [3.8, 4) is 21.7 Å². The monoisotopic (exact) mass is 241 g/mol. The van der Waals surface area contributed by atoms with Crippen LogP contribution in [0.25, 0.3) is 21.7 Å². The SMILES string of the molecule is Cc1n[nH]c(-c2ccccc2)c1-c1ccns1. The van der Waals surface area contributed by atoms with Crippen molar-refractivity contribution in [3.05, 3.63) is 48.3 Å². The molecule has 17 heavy (non-hydrogen) atoms. The number of hydrogen-bond donors (Lipinski definition) is 1. The van der Waals surface area contributed by atoms with Gasteiger partial charge in [0.05, 0.1) is 16.3 Å². The number of aromatic amines is 1. The van der Waals surface area contributed by atoms with Gasteiger partial charge in [-0.25, -0.2) is 4.37 Å². The van der Waals surface area contributed by atoms with Gasteiger partial charge < -0.3 is 0 Å². The second-order valence-corrected chi connectivity index (χ2v) is 4.63. The van der Waals surface area contributed by atoms with Crippen molar-refractivity contribution in [2.24, 2.45) is 0 Å². The molecule has 0 aliphatic rings. The summed E-state index contributed by atoms with van der Waals surface area (Å²) in [5, 5.41) is 7.41. The minimum Gasteiger partial charge on any atom is -0.277 e. The van der Waals surface area contributed by atoms with Crippen LogP contribution in [0.1, 0.15) is 5.69 Å². The molecule has 3 rings (SSSR count). The topological polar surface area (TPSA) is 41.6 Å². The van der Waals surface area contributed by atoms with Crippen molar-refractivity contribution in [1.29, 1.82) is 0 Å². The molecule has 3 aromatic rings. The van der Waals surface area contributed by atoms with Crippen LogP contribution in [0.4, 0.5) is 0 Å². The maximum atomic E-state index is 4.30. The van der Waals surface area contributed by atoms with E-state index in [9.17, 15) is 0 Å². The molecule has 3 nitrogen and oxygen atoms in total. The lowest BCUT2D eigenvalue weighted by Gasteiger charge is -2.01. The summed E-state index contributed by atoms with van der Waals surface area (Å²) in [6.07, 6.45) is 1.82. The van der Waals surface area contributed by atoms with Gasteiger partial charge in [0.25, 0.3) is 0 Å². The van der Waals surface area contributed by atoms with Gasteiger partial charge in [-0.3, -0.25) is 5.10 Å². The quantitative estimate of drug-likeness (QED) is 0.746. The van der Waals surface area contributed by atoms with Crippen LogP contribution in [0.15, 0.2) is 42.6 Å². The lowest BCUT2D eigenvalue weighted by molar-refractivity contribution is 1.05. The van der Waals surface area contributed by atoms with E-state index in [1.54, 1.807) is 0 Å². The summed E-state index contributed by atoms with van der Waals surface area (Å²) in [6.45, 7) is 2.01. The van der Waals surface area contributed by atoms with Crippen molar-refractivity contribution < 1.29 is 0 Å². The summed E-state index contributed by atoms with van der Waals surface area (Å²) in [5.41, 5.74) is 4.37. The van der Waals surface area contributed by atoms with Gasteiger partial charge in [0.15, 0.2) is 0 Å². The first-order chi connectivity index (χ1) is 8.36. The molecule has 0 amide bonds. The fourth-order valence-electron chi connectivity index (χ4n) is 1.89. The molecule has 0 atom stereocenters. The fraction of sp³-hybridized carbons (Fsp3) is 0.0769. The normalized spacial score (nSPS) is 10.6. The highest BCUT2D eigenvalue weighted by molar-refractivity contribution is 7.09. The van der Waals surface area contributed by atoms with E-state index < -0.39 is 0 Å². The van der Waals surface area contributed by atoms with Crippen molar-refractivity contribution in [3.63, 3.8) is 0 Å². The minimum atomic E-state index is 1.01. The minimum absolute atomic E-state index is 1.01. The molecule has 84 valence electrons. The Morgan fingerprint density at radius 1 is 1.12 bits per heavy atom. The molecule has 0 aliphatic heterocycles. The van der Waals surface area contributed by atoms with E-state index in [2.05, 4.69) is 26.7 Å². The van der Waals surface area contributed by atoms with E-state index in [1.807, 2.05) is 37.4 Å². The first kappa shape index (κ1) is 10.2. The third kappa shape index (κ3) is 1.76. The molecule has 0 saturated carbocycles. The van der Waals surface area contributed by atoms with E-state index in [1.165, 1.54) is 11.5 Å².